The van der Waals surface area contributed by atoms with Gasteiger partial charge in [0.25, 0.3) is 0 Å². The van der Waals surface area contributed by atoms with Crippen molar-refractivity contribution in [3.63, 3.8) is 0 Å². The van der Waals surface area contributed by atoms with Gasteiger partial charge in [0.1, 0.15) is 0 Å². The van der Waals surface area contributed by atoms with E-state index in [2.05, 4.69) is 9.80 Å². The van der Waals surface area contributed by atoms with Gasteiger partial charge in [0, 0.05) is 26.3 Å². The average molecular weight is 226 g/mol. The predicted octanol–water partition coefficient (Wildman–Crippen LogP) is 1.58. The molecule has 2 fully saturated rings. The van der Waals surface area contributed by atoms with Crippen molar-refractivity contribution in [2.75, 3.05) is 46.4 Å². The highest BCUT2D eigenvalue weighted by Gasteiger charge is 2.28. The van der Waals surface area contributed by atoms with Crippen LogP contribution in [0, 0.1) is 0 Å². The van der Waals surface area contributed by atoms with Crippen LogP contribution < -0.4 is 0 Å². The average Bonchev–Trinajstić information content (AvgIpc) is 2.63. The van der Waals surface area contributed by atoms with Gasteiger partial charge in [0.15, 0.2) is 0 Å². The third-order valence-electron chi connectivity index (χ3n) is 3.96. The van der Waals surface area contributed by atoms with E-state index in [-0.39, 0.29) is 0 Å². The molecule has 0 bridgehead atoms. The maximum absolute atomic E-state index is 5.10. The minimum atomic E-state index is 0.866. The summed E-state index contributed by atoms with van der Waals surface area (Å²) in [6, 6.07) is 0.866. The van der Waals surface area contributed by atoms with E-state index in [1.54, 1.807) is 7.11 Å². The first-order valence-corrected chi connectivity index (χ1v) is 6.85. The molecule has 16 heavy (non-hydrogen) atoms. The second-order valence-corrected chi connectivity index (χ2v) is 5.19. The van der Waals surface area contributed by atoms with Gasteiger partial charge in [-0.3, -0.25) is 4.90 Å². The molecule has 0 aromatic rings. The van der Waals surface area contributed by atoms with Gasteiger partial charge in [-0.25, -0.2) is 0 Å². The Balaban J connectivity index is 1.69. The van der Waals surface area contributed by atoms with E-state index in [4.69, 9.17) is 4.74 Å². The lowest BCUT2D eigenvalue weighted by atomic mass is 10.2. The van der Waals surface area contributed by atoms with Crippen molar-refractivity contribution in [1.29, 1.82) is 0 Å². The Morgan fingerprint density at radius 3 is 2.88 bits per heavy atom. The highest BCUT2D eigenvalue weighted by atomic mass is 16.5. The van der Waals surface area contributed by atoms with Gasteiger partial charge in [-0.05, 0) is 58.3 Å². The highest BCUT2D eigenvalue weighted by molar-refractivity contribution is 4.84. The lowest BCUT2D eigenvalue weighted by Gasteiger charge is -2.25. The van der Waals surface area contributed by atoms with E-state index in [1.807, 2.05) is 0 Å². The molecule has 0 aliphatic carbocycles. The number of ether oxygens (including phenoxy) is 1. The van der Waals surface area contributed by atoms with Crippen molar-refractivity contribution in [2.45, 2.75) is 38.1 Å². The van der Waals surface area contributed by atoms with Crippen molar-refractivity contribution in [1.82, 2.24) is 9.80 Å². The van der Waals surface area contributed by atoms with Gasteiger partial charge in [0.05, 0.1) is 0 Å². The molecule has 2 saturated heterocycles. The first-order valence-electron chi connectivity index (χ1n) is 6.85. The van der Waals surface area contributed by atoms with E-state index in [1.165, 1.54) is 64.8 Å². The standard InChI is InChI=1S/C13H26N2O/c1-16-11-3-2-7-14-8-5-10-15-9-4-6-13(15)12-14/h13H,2-12H2,1H3. The molecule has 0 aromatic heterocycles. The SMILES string of the molecule is COCCCCN1CCCN2CCCC2C1. The monoisotopic (exact) mass is 226 g/mol. The van der Waals surface area contributed by atoms with Crippen LogP contribution in [0.4, 0.5) is 0 Å². The zero-order chi connectivity index (χ0) is 11.2. The molecule has 0 N–H and O–H groups in total. The number of unbranched alkanes of at least 4 members (excludes halogenated alkanes) is 1. The van der Waals surface area contributed by atoms with E-state index >= 15 is 0 Å². The normalized spacial score (nSPS) is 27.9. The summed E-state index contributed by atoms with van der Waals surface area (Å²) >= 11 is 0. The number of hydrogen-bond acceptors (Lipinski definition) is 3. The molecule has 94 valence electrons. The molecule has 0 saturated carbocycles. The maximum atomic E-state index is 5.10. The largest absolute Gasteiger partial charge is 0.385 e. The van der Waals surface area contributed by atoms with Gasteiger partial charge >= 0.3 is 0 Å². The smallest absolute Gasteiger partial charge is 0.0462 e. The van der Waals surface area contributed by atoms with E-state index in [0.717, 1.165) is 12.6 Å². The summed E-state index contributed by atoms with van der Waals surface area (Å²) in [4.78, 5) is 5.38. The van der Waals surface area contributed by atoms with Gasteiger partial charge < -0.3 is 9.64 Å². The van der Waals surface area contributed by atoms with Crippen LogP contribution in [0.5, 0.6) is 0 Å². The van der Waals surface area contributed by atoms with Crippen LogP contribution in [-0.2, 0) is 4.74 Å². The lowest BCUT2D eigenvalue weighted by Crippen LogP contribution is -2.37. The Hall–Kier alpha value is -0.120. The van der Waals surface area contributed by atoms with E-state index in [0.29, 0.717) is 0 Å². The minimum absolute atomic E-state index is 0.866. The second-order valence-electron chi connectivity index (χ2n) is 5.19. The summed E-state index contributed by atoms with van der Waals surface area (Å²) in [5, 5.41) is 0. The Kier molecular flexibility index (Phi) is 5.07. The summed E-state index contributed by atoms with van der Waals surface area (Å²) in [5.41, 5.74) is 0. The third kappa shape index (κ3) is 3.44. The molecule has 2 aliphatic rings. The predicted molar refractivity (Wildman–Crippen MR) is 66.8 cm³/mol. The van der Waals surface area contributed by atoms with Crippen molar-refractivity contribution >= 4 is 0 Å². The van der Waals surface area contributed by atoms with Crippen molar-refractivity contribution in [3.05, 3.63) is 0 Å². The van der Waals surface area contributed by atoms with Crippen LogP contribution in [0.15, 0.2) is 0 Å². The molecule has 2 aliphatic heterocycles. The number of methoxy groups -OCH3 is 1. The first kappa shape index (κ1) is 12.3. The maximum Gasteiger partial charge on any atom is 0.0462 e. The van der Waals surface area contributed by atoms with Crippen LogP contribution in [0.1, 0.15) is 32.1 Å². The summed E-state index contributed by atoms with van der Waals surface area (Å²) in [7, 11) is 1.79. The molecule has 0 amide bonds. The quantitative estimate of drug-likeness (QED) is 0.662. The summed E-state index contributed by atoms with van der Waals surface area (Å²) in [6.07, 6.45) is 6.71. The number of hydrogen-bond donors (Lipinski definition) is 0. The van der Waals surface area contributed by atoms with Crippen LogP contribution >= 0.6 is 0 Å². The molecule has 0 aromatic carbocycles. The molecule has 2 rings (SSSR count). The molecular formula is C13H26N2O. The van der Waals surface area contributed by atoms with Gasteiger partial charge in [0.2, 0.25) is 0 Å². The van der Waals surface area contributed by atoms with E-state index < -0.39 is 0 Å². The molecule has 2 heterocycles. The Morgan fingerprint density at radius 2 is 2.00 bits per heavy atom. The fourth-order valence-electron chi connectivity index (χ4n) is 3.07. The zero-order valence-electron chi connectivity index (χ0n) is 10.7. The lowest BCUT2D eigenvalue weighted by molar-refractivity contribution is 0.179. The molecular weight excluding hydrogens is 200 g/mol. The molecule has 1 atom stereocenters. The zero-order valence-corrected chi connectivity index (χ0v) is 10.7. The summed E-state index contributed by atoms with van der Waals surface area (Å²) in [6.45, 7) is 7.49. The summed E-state index contributed by atoms with van der Waals surface area (Å²) < 4.78 is 5.10. The number of fused-ring (bicyclic) bond motifs is 1. The van der Waals surface area contributed by atoms with Gasteiger partial charge in [-0.1, -0.05) is 0 Å². The van der Waals surface area contributed by atoms with Gasteiger partial charge in [-0.15, -0.1) is 0 Å². The minimum Gasteiger partial charge on any atom is -0.385 e. The van der Waals surface area contributed by atoms with Crippen LogP contribution in [0.2, 0.25) is 0 Å². The molecule has 0 radical (unpaired) electrons. The van der Waals surface area contributed by atoms with Crippen LogP contribution in [-0.4, -0.2) is 62.3 Å². The topological polar surface area (TPSA) is 15.7 Å². The second kappa shape index (κ2) is 6.58. The first-order chi connectivity index (χ1) is 7.90. The molecule has 3 nitrogen and oxygen atoms in total. The van der Waals surface area contributed by atoms with Crippen molar-refractivity contribution in [2.24, 2.45) is 0 Å². The Labute approximate surface area is 99.7 Å². The van der Waals surface area contributed by atoms with Crippen molar-refractivity contribution in [3.8, 4) is 0 Å². The van der Waals surface area contributed by atoms with Crippen LogP contribution in [0.25, 0.3) is 0 Å². The number of rotatable bonds is 5. The fourth-order valence-corrected chi connectivity index (χ4v) is 3.07. The Morgan fingerprint density at radius 1 is 1.12 bits per heavy atom. The Bertz CT molecular complexity index is 198. The molecule has 1 unspecified atom stereocenters. The molecule has 3 heteroatoms. The van der Waals surface area contributed by atoms with E-state index in [9.17, 15) is 0 Å². The van der Waals surface area contributed by atoms with Crippen molar-refractivity contribution < 1.29 is 4.74 Å². The fraction of sp³-hybridized carbons (Fsp3) is 1.00. The molecule has 0 spiro atoms. The highest BCUT2D eigenvalue weighted by Crippen LogP contribution is 2.21. The number of nitrogens with zero attached hydrogens (tertiary/aromatic N) is 2. The third-order valence-corrected chi connectivity index (χ3v) is 3.96. The van der Waals surface area contributed by atoms with Gasteiger partial charge in [-0.2, -0.15) is 0 Å². The summed E-state index contributed by atoms with van der Waals surface area (Å²) in [5.74, 6) is 0. The van der Waals surface area contributed by atoms with Crippen LogP contribution in [0.3, 0.4) is 0 Å².